The molecule has 7 nitrogen and oxygen atoms in total. The molecule has 0 saturated carbocycles. The standard InChI is InChI=1S/C17H17ClN2O5/c1-11(25-16(22)10-20-8-4-3-5-15(20)21)17(23)19-12-6-7-14(24-2)13(18)9-12/h3-9,11H,10H2,1-2H3,(H,19,23)/t11-/m0/s1. The van der Waals surface area contributed by atoms with Crippen LogP contribution in [0.4, 0.5) is 5.69 Å². The van der Waals surface area contributed by atoms with Crippen LogP contribution in [0.15, 0.2) is 47.4 Å². The fourth-order valence-corrected chi connectivity index (χ4v) is 2.26. The first-order valence-electron chi connectivity index (χ1n) is 7.40. The third-order valence-electron chi connectivity index (χ3n) is 3.30. The summed E-state index contributed by atoms with van der Waals surface area (Å²) in [6.07, 6.45) is 0.432. The molecule has 2 aromatic rings. The van der Waals surface area contributed by atoms with E-state index in [9.17, 15) is 14.4 Å². The maximum absolute atomic E-state index is 12.1. The average molecular weight is 365 g/mol. The van der Waals surface area contributed by atoms with E-state index in [1.54, 1.807) is 24.3 Å². The number of carbonyl (C=O) groups excluding carboxylic acids is 2. The molecule has 0 fully saturated rings. The predicted molar refractivity (Wildman–Crippen MR) is 92.9 cm³/mol. The lowest BCUT2D eigenvalue weighted by atomic mass is 10.3. The van der Waals surface area contributed by atoms with Crippen LogP contribution in [0.1, 0.15) is 6.92 Å². The molecular weight excluding hydrogens is 348 g/mol. The Morgan fingerprint density at radius 3 is 2.68 bits per heavy atom. The van der Waals surface area contributed by atoms with E-state index >= 15 is 0 Å². The van der Waals surface area contributed by atoms with Gasteiger partial charge in [-0.2, -0.15) is 0 Å². The number of esters is 1. The minimum Gasteiger partial charge on any atom is -0.495 e. The fourth-order valence-electron chi connectivity index (χ4n) is 2.01. The summed E-state index contributed by atoms with van der Waals surface area (Å²) in [7, 11) is 1.49. The maximum atomic E-state index is 12.1. The van der Waals surface area contributed by atoms with Gasteiger partial charge in [-0.3, -0.25) is 14.4 Å². The molecule has 2 rings (SSSR count). The van der Waals surface area contributed by atoms with Gasteiger partial charge in [-0.1, -0.05) is 17.7 Å². The lowest BCUT2D eigenvalue weighted by Gasteiger charge is -2.14. The third-order valence-corrected chi connectivity index (χ3v) is 3.59. The monoisotopic (exact) mass is 364 g/mol. The van der Waals surface area contributed by atoms with Crippen molar-refractivity contribution in [2.75, 3.05) is 12.4 Å². The lowest BCUT2D eigenvalue weighted by Crippen LogP contribution is -2.32. The van der Waals surface area contributed by atoms with E-state index in [0.29, 0.717) is 16.5 Å². The van der Waals surface area contributed by atoms with Gasteiger partial charge in [0, 0.05) is 18.0 Å². The van der Waals surface area contributed by atoms with Gasteiger partial charge in [0.15, 0.2) is 6.10 Å². The zero-order valence-corrected chi connectivity index (χ0v) is 14.4. The van der Waals surface area contributed by atoms with Gasteiger partial charge < -0.3 is 19.4 Å². The van der Waals surface area contributed by atoms with E-state index in [4.69, 9.17) is 21.1 Å². The molecule has 0 aliphatic carbocycles. The van der Waals surface area contributed by atoms with Crippen molar-refractivity contribution in [3.05, 3.63) is 58.0 Å². The molecule has 1 amide bonds. The summed E-state index contributed by atoms with van der Waals surface area (Å²) in [5, 5.41) is 2.93. The van der Waals surface area contributed by atoms with Crippen LogP contribution in [0, 0.1) is 0 Å². The first-order chi connectivity index (χ1) is 11.9. The normalized spacial score (nSPS) is 11.5. The number of hydrogen-bond donors (Lipinski definition) is 1. The van der Waals surface area contributed by atoms with Crippen LogP contribution in [-0.4, -0.2) is 29.7 Å². The quantitative estimate of drug-likeness (QED) is 0.793. The first-order valence-corrected chi connectivity index (χ1v) is 7.78. The minimum absolute atomic E-state index is 0.272. The average Bonchev–Trinajstić information content (AvgIpc) is 2.57. The van der Waals surface area contributed by atoms with Gasteiger partial charge in [0.05, 0.1) is 12.1 Å². The molecule has 0 aliphatic heterocycles. The largest absolute Gasteiger partial charge is 0.495 e. The van der Waals surface area contributed by atoms with Crippen molar-refractivity contribution in [3.63, 3.8) is 0 Å². The van der Waals surface area contributed by atoms with Crippen molar-refractivity contribution < 1.29 is 19.1 Å². The predicted octanol–water partition coefficient (Wildman–Crippen LogP) is 2.08. The highest BCUT2D eigenvalue weighted by Crippen LogP contribution is 2.27. The highest BCUT2D eigenvalue weighted by molar-refractivity contribution is 6.32. The molecule has 0 unspecified atom stereocenters. The number of amides is 1. The second-order valence-electron chi connectivity index (χ2n) is 5.14. The topological polar surface area (TPSA) is 86.6 Å². The zero-order valence-electron chi connectivity index (χ0n) is 13.7. The maximum Gasteiger partial charge on any atom is 0.326 e. The number of nitrogens with zero attached hydrogens (tertiary/aromatic N) is 1. The van der Waals surface area contributed by atoms with Crippen LogP contribution in [-0.2, 0) is 20.9 Å². The fraction of sp³-hybridized carbons (Fsp3) is 0.235. The number of benzene rings is 1. The van der Waals surface area contributed by atoms with Gasteiger partial charge in [0.1, 0.15) is 12.3 Å². The molecule has 1 aromatic heterocycles. The molecule has 132 valence electrons. The summed E-state index contributed by atoms with van der Waals surface area (Å²) < 4.78 is 11.3. The molecule has 0 radical (unpaired) electrons. The number of nitrogens with one attached hydrogen (secondary N) is 1. The number of halogens is 1. The minimum atomic E-state index is -1.03. The molecule has 8 heteroatoms. The van der Waals surface area contributed by atoms with Crippen LogP contribution in [0.3, 0.4) is 0 Å². The number of pyridine rings is 1. The number of aromatic nitrogens is 1. The second kappa shape index (κ2) is 8.34. The van der Waals surface area contributed by atoms with Crippen molar-refractivity contribution >= 4 is 29.2 Å². The summed E-state index contributed by atoms with van der Waals surface area (Å²) in [6, 6.07) is 9.27. The van der Waals surface area contributed by atoms with Gasteiger partial charge in [0.25, 0.3) is 11.5 Å². The Bertz CT molecular complexity index is 834. The van der Waals surface area contributed by atoms with Crippen LogP contribution < -0.4 is 15.6 Å². The summed E-state index contributed by atoms with van der Waals surface area (Å²) in [5.74, 6) is -0.730. The number of rotatable bonds is 6. The van der Waals surface area contributed by atoms with Crippen molar-refractivity contribution in [1.29, 1.82) is 0 Å². The van der Waals surface area contributed by atoms with Crippen LogP contribution >= 0.6 is 11.6 Å². The Morgan fingerprint density at radius 2 is 2.04 bits per heavy atom. The van der Waals surface area contributed by atoms with E-state index in [0.717, 1.165) is 0 Å². The number of carbonyl (C=O) groups is 2. The molecule has 1 N–H and O–H groups in total. The van der Waals surface area contributed by atoms with E-state index in [-0.39, 0.29) is 12.1 Å². The molecular formula is C17H17ClN2O5. The smallest absolute Gasteiger partial charge is 0.326 e. The highest BCUT2D eigenvalue weighted by atomic mass is 35.5. The lowest BCUT2D eigenvalue weighted by molar-refractivity contribution is -0.153. The highest BCUT2D eigenvalue weighted by Gasteiger charge is 2.18. The Kier molecular flexibility index (Phi) is 6.19. The van der Waals surface area contributed by atoms with Gasteiger partial charge in [-0.25, -0.2) is 0 Å². The Labute approximate surface area is 149 Å². The SMILES string of the molecule is COc1ccc(NC(=O)[C@H](C)OC(=O)Cn2ccccc2=O)cc1Cl. The molecule has 1 atom stereocenters. The number of hydrogen-bond acceptors (Lipinski definition) is 5. The number of ether oxygens (including phenoxy) is 2. The Balaban J connectivity index is 1.93. The first kappa shape index (κ1) is 18.5. The van der Waals surface area contributed by atoms with E-state index in [1.807, 2.05) is 0 Å². The molecule has 0 spiro atoms. The van der Waals surface area contributed by atoms with Crippen LogP contribution in [0.5, 0.6) is 5.75 Å². The molecule has 0 aliphatic rings. The Morgan fingerprint density at radius 1 is 1.28 bits per heavy atom. The second-order valence-corrected chi connectivity index (χ2v) is 5.54. The van der Waals surface area contributed by atoms with Gasteiger partial charge in [-0.15, -0.1) is 0 Å². The van der Waals surface area contributed by atoms with E-state index < -0.39 is 18.0 Å². The third kappa shape index (κ3) is 5.09. The molecule has 0 saturated heterocycles. The van der Waals surface area contributed by atoms with E-state index in [2.05, 4.69) is 5.32 Å². The molecule has 0 bridgehead atoms. The van der Waals surface area contributed by atoms with Gasteiger partial charge >= 0.3 is 5.97 Å². The summed E-state index contributed by atoms with van der Waals surface area (Å²) in [5.41, 5.74) is 0.113. The molecule has 1 heterocycles. The van der Waals surface area contributed by atoms with Gasteiger partial charge in [-0.05, 0) is 31.2 Å². The van der Waals surface area contributed by atoms with Crippen molar-refractivity contribution in [2.24, 2.45) is 0 Å². The van der Waals surface area contributed by atoms with Crippen LogP contribution in [0.2, 0.25) is 5.02 Å². The van der Waals surface area contributed by atoms with Gasteiger partial charge in [0.2, 0.25) is 0 Å². The number of methoxy groups -OCH3 is 1. The van der Waals surface area contributed by atoms with Crippen molar-refractivity contribution in [3.8, 4) is 5.75 Å². The summed E-state index contributed by atoms with van der Waals surface area (Å²) >= 11 is 5.99. The number of anilines is 1. The van der Waals surface area contributed by atoms with Crippen LogP contribution in [0.25, 0.3) is 0 Å². The van der Waals surface area contributed by atoms with E-state index in [1.165, 1.54) is 36.9 Å². The summed E-state index contributed by atoms with van der Waals surface area (Å²) in [6.45, 7) is 1.16. The van der Waals surface area contributed by atoms with Crippen molar-refractivity contribution in [1.82, 2.24) is 4.57 Å². The zero-order chi connectivity index (χ0) is 18.4. The molecule has 1 aromatic carbocycles. The Hall–Kier alpha value is -2.80. The molecule has 25 heavy (non-hydrogen) atoms. The summed E-state index contributed by atoms with van der Waals surface area (Å²) in [4.78, 5) is 35.5. The van der Waals surface area contributed by atoms with Crippen molar-refractivity contribution in [2.45, 2.75) is 19.6 Å².